The van der Waals surface area contributed by atoms with Crippen LogP contribution in [0.4, 0.5) is 0 Å². The van der Waals surface area contributed by atoms with Crippen molar-refractivity contribution < 1.29 is 0 Å². The standard InChI is InChI=1S/C14H30/c1-8-12(7)14(11(5)6)13(9-2)10(3)4/h10-14H,8-9H2,1-7H3. The van der Waals surface area contributed by atoms with E-state index in [1.165, 1.54) is 12.8 Å². The lowest BCUT2D eigenvalue weighted by atomic mass is 9.69. The van der Waals surface area contributed by atoms with E-state index in [9.17, 15) is 0 Å². The lowest BCUT2D eigenvalue weighted by molar-refractivity contribution is 0.127. The van der Waals surface area contributed by atoms with Gasteiger partial charge in [-0.05, 0) is 29.6 Å². The van der Waals surface area contributed by atoms with Crippen molar-refractivity contribution in [3.63, 3.8) is 0 Å². The molecule has 0 saturated carbocycles. The van der Waals surface area contributed by atoms with Gasteiger partial charge in [0, 0.05) is 0 Å². The van der Waals surface area contributed by atoms with Crippen molar-refractivity contribution in [2.75, 3.05) is 0 Å². The summed E-state index contributed by atoms with van der Waals surface area (Å²) in [5.74, 6) is 4.36. The second-order valence-electron chi connectivity index (χ2n) is 5.52. The first kappa shape index (κ1) is 14.0. The third-order valence-electron chi connectivity index (χ3n) is 3.89. The van der Waals surface area contributed by atoms with Gasteiger partial charge in [0.05, 0.1) is 0 Å². The number of rotatable bonds is 6. The second kappa shape index (κ2) is 6.48. The van der Waals surface area contributed by atoms with E-state index in [1.807, 2.05) is 0 Å². The highest BCUT2D eigenvalue weighted by Gasteiger charge is 2.29. The first-order chi connectivity index (χ1) is 6.45. The molecule has 14 heavy (non-hydrogen) atoms. The zero-order valence-electron chi connectivity index (χ0n) is 11.3. The lowest BCUT2D eigenvalue weighted by Gasteiger charge is -2.36. The summed E-state index contributed by atoms with van der Waals surface area (Å²) in [4.78, 5) is 0. The third-order valence-corrected chi connectivity index (χ3v) is 3.89. The summed E-state index contributed by atoms with van der Waals surface area (Å²) < 4.78 is 0. The van der Waals surface area contributed by atoms with Gasteiger partial charge >= 0.3 is 0 Å². The Hall–Kier alpha value is 0. The van der Waals surface area contributed by atoms with Crippen LogP contribution in [-0.4, -0.2) is 0 Å². The van der Waals surface area contributed by atoms with Crippen LogP contribution >= 0.6 is 0 Å². The Morgan fingerprint density at radius 3 is 1.43 bits per heavy atom. The maximum absolute atomic E-state index is 2.43. The van der Waals surface area contributed by atoms with Crippen molar-refractivity contribution in [3.8, 4) is 0 Å². The fourth-order valence-corrected chi connectivity index (χ4v) is 3.03. The molecule has 0 aliphatic carbocycles. The van der Waals surface area contributed by atoms with Gasteiger partial charge in [-0.1, -0.05) is 61.3 Å². The number of hydrogen-bond acceptors (Lipinski definition) is 0. The first-order valence-corrected chi connectivity index (χ1v) is 6.45. The summed E-state index contributed by atoms with van der Waals surface area (Å²) in [6.45, 7) is 16.6. The van der Waals surface area contributed by atoms with E-state index in [2.05, 4.69) is 48.5 Å². The van der Waals surface area contributed by atoms with Gasteiger partial charge in [-0.2, -0.15) is 0 Å². The lowest BCUT2D eigenvalue weighted by Crippen LogP contribution is -2.29. The van der Waals surface area contributed by atoms with E-state index in [0.717, 1.165) is 29.6 Å². The molecule has 0 fully saturated rings. The Balaban J connectivity index is 4.60. The van der Waals surface area contributed by atoms with Gasteiger partial charge in [0.1, 0.15) is 0 Å². The largest absolute Gasteiger partial charge is 0.0651 e. The molecule has 0 rings (SSSR count). The predicted octanol–water partition coefficient (Wildman–Crippen LogP) is 4.99. The minimum Gasteiger partial charge on any atom is -0.0651 e. The Kier molecular flexibility index (Phi) is 6.48. The van der Waals surface area contributed by atoms with Crippen molar-refractivity contribution in [2.24, 2.45) is 29.6 Å². The van der Waals surface area contributed by atoms with Gasteiger partial charge in [-0.25, -0.2) is 0 Å². The molecule has 0 aromatic rings. The van der Waals surface area contributed by atoms with Crippen LogP contribution in [0.15, 0.2) is 0 Å². The SMILES string of the molecule is CCC(C)C(C(C)C)C(CC)C(C)C. The molecule has 3 atom stereocenters. The molecule has 0 spiro atoms. The van der Waals surface area contributed by atoms with E-state index in [-0.39, 0.29) is 0 Å². The molecular weight excluding hydrogens is 168 g/mol. The molecule has 0 aromatic carbocycles. The smallest absolute Gasteiger partial charge is 0.0335 e. The van der Waals surface area contributed by atoms with Gasteiger partial charge < -0.3 is 0 Å². The first-order valence-electron chi connectivity index (χ1n) is 6.45. The molecule has 0 saturated heterocycles. The van der Waals surface area contributed by atoms with E-state index in [1.54, 1.807) is 0 Å². The molecule has 0 heterocycles. The normalized spacial score (nSPS) is 18.6. The summed E-state index contributed by atoms with van der Waals surface area (Å²) in [5, 5.41) is 0. The average Bonchev–Trinajstić information content (AvgIpc) is 2.11. The van der Waals surface area contributed by atoms with Crippen LogP contribution in [-0.2, 0) is 0 Å². The summed E-state index contributed by atoms with van der Waals surface area (Å²) in [7, 11) is 0. The zero-order chi connectivity index (χ0) is 11.3. The van der Waals surface area contributed by atoms with E-state index < -0.39 is 0 Å². The van der Waals surface area contributed by atoms with Crippen LogP contribution in [0.3, 0.4) is 0 Å². The van der Waals surface area contributed by atoms with Crippen LogP contribution in [0.25, 0.3) is 0 Å². The van der Waals surface area contributed by atoms with Crippen LogP contribution in [0.1, 0.15) is 61.3 Å². The van der Waals surface area contributed by atoms with Crippen LogP contribution < -0.4 is 0 Å². The molecule has 0 aromatic heterocycles. The van der Waals surface area contributed by atoms with Gasteiger partial charge in [-0.15, -0.1) is 0 Å². The number of hydrogen-bond donors (Lipinski definition) is 0. The summed E-state index contributed by atoms with van der Waals surface area (Å²) >= 11 is 0. The van der Waals surface area contributed by atoms with Gasteiger partial charge in [-0.3, -0.25) is 0 Å². The van der Waals surface area contributed by atoms with E-state index in [0.29, 0.717) is 0 Å². The monoisotopic (exact) mass is 198 g/mol. The van der Waals surface area contributed by atoms with Crippen molar-refractivity contribution >= 4 is 0 Å². The fraction of sp³-hybridized carbons (Fsp3) is 1.00. The van der Waals surface area contributed by atoms with E-state index in [4.69, 9.17) is 0 Å². The predicted molar refractivity (Wildman–Crippen MR) is 66.4 cm³/mol. The van der Waals surface area contributed by atoms with Crippen molar-refractivity contribution in [2.45, 2.75) is 61.3 Å². The Morgan fingerprint density at radius 1 is 0.714 bits per heavy atom. The zero-order valence-corrected chi connectivity index (χ0v) is 11.3. The topological polar surface area (TPSA) is 0 Å². The molecule has 0 aliphatic rings. The highest BCUT2D eigenvalue weighted by atomic mass is 14.3. The maximum Gasteiger partial charge on any atom is -0.0335 e. The van der Waals surface area contributed by atoms with Gasteiger partial charge in [0.25, 0.3) is 0 Å². The third kappa shape index (κ3) is 3.63. The van der Waals surface area contributed by atoms with Crippen molar-refractivity contribution in [1.29, 1.82) is 0 Å². The van der Waals surface area contributed by atoms with E-state index >= 15 is 0 Å². The molecule has 0 amide bonds. The highest BCUT2D eigenvalue weighted by Crippen LogP contribution is 2.36. The van der Waals surface area contributed by atoms with Crippen molar-refractivity contribution in [1.82, 2.24) is 0 Å². The quantitative estimate of drug-likeness (QED) is 0.564. The molecule has 0 aliphatic heterocycles. The summed E-state index contributed by atoms with van der Waals surface area (Å²) in [6.07, 6.45) is 2.66. The molecule has 0 bridgehead atoms. The minimum atomic E-state index is 0.831. The van der Waals surface area contributed by atoms with Crippen LogP contribution in [0.2, 0.25) is 0 Å². The van der Waals surface area contributed by atoms with Crippen LogP contribution in [0.5, 0.6) is 0 Å². The Bertz CT molecular complexity index is 135. The molecule has 86 valence electrons. The Labute approximate surface area is 91.5 Å². The molecule has 3 unspecified atom stereocenters. The molecule has 0 radical (unpaired) electrons. The van der Waals surface area contributed by atoms with Gasteiger partial charge in [0.2, 0.25) is 0 Å². The molecule has 0 heteroatoms. The van der Waals surface area contributed by atoms with Gasteiger partial charge in [0.15, 0.2) is 0 Å². The summed E-state index contributed by atoms with van der Waals surface area (Å²) in [6, 6.07) is 0. The summed E-state index contributed by atoms with van der Waals surface area (Å²) in [5.41, 5.74) is 0. The molecule has 0 nitrogen and oxygen atoms in total. The molecular formula is C14H30. The molecule has 0 N–H and O–H groups in total. The Morgan fingerprint density at radius 2 is 1.21 bits per heavy atom. The van der Waals surface area contributed by atoms with Crippen LogP contribution in [0, 0.1) is 29.6 Å². The second-order valence-corrected chi connectivity index (χ2v) is 5.52. The highest BCUT2D eigenvalue weighted by molar-refractivity contribution is 4.78. The van der Waals surface area contributed by atoms with Crippen molar-refractivity contribution in [3.05, 3.63) is 0 Å². The maximum atomic E-state index is 2.43. The minimum absolute atomic E-state index is 0.831. The fourth-order valence-electron chi connectivity index (χ4n) is 3.03. The average molecular weight is 198 g/mol.